The van der Waals surface area contributed by atoms with Crippen LogP contribution in [0.15, 0.2) is 42.6 Å². The third-order valence-corrected chi connectivity index (χ3v) is 4.27. The third-order valence-electron chi connectivity index (χ3n) is 4.27. The SMILES string of the molecule is COc1ccccc1-c1cc2c(ccn2C)c2c1C(=O)NC2=O.[HH]. The molecule has 0 saturated carbocycles. The Morgan fingerprint density at radius 2 is 1.78 bits per heavy atom. The number of carbonyl (C=O) groups is 2. The second kappa shape index (κ2) is 4.71. The number of imide groups is 1. The van der Waals surface area contributed by atoms with Crippen LogP contribution in [-0.2, 0) is 7.05 Å². The van der Waals surface area contributed by atoms with E-state index in [2.05, 4.69) is 5.32 Å². The first kappa shape index (κ1) is 13.6. The molecule has 5 heteroatoms. The minimum absolute atomic E-state index is 0. The molecule has 0 radical (unpaired) electrons. The molecule has 0 saturated heterocycles. The van der Waals surface area contributed by atoms with Crippen LogP contribution in [0.3, 0.4) is 0 Å². The number of fused-ring (bicyclic) bond motifs is 3. The van der Waals surface area contributed by atoms with Gasteiger partial charge in [0.05, 0.1) is 18.2 Å². The number of para-hydroxylation sites is 1. The van der Waals surface area contributed by atoms with E-state index in [0.717, 1.165) is 16.5 Å². The molecule has 0 fully saturated rings. The summed E-state index contributed by atoms with van der Waals surface area (Å²) in [7, 11) is 3.50. The van der Waals surface area contributed by atoms with Crippen molar-refractivity contribution in [1.82, 2.24) is 9.88 Å². The van der Waals surface area contributed by atoms with Gasteiger partial charge in [-0.05, 0) is 18.2 Å². The number of aryl methyl sites for hydroxylation is 1. The van der Waals surface area contributed by atoms with Crippen molar-refractivity contribution in [2.45, 2.75) is 0 Å². The molecule has 0 bridgehead atoms. The van der Waals surface area contributed by atoms with Crippen LogP contribution in [0, 0.1) is 0 Å². The molecule has 5 nitrogen and oxygen atoms in total. The van der Waals surface area contributed by atoms with Crippen molar-refractivity contribution >= 4 is 22.7 Å². The number of benzene rings is 2. The largest absolute Gasteiger partial charge is 0.496 e. The summed E-state index contributed by atoms with van der Waals surface area (Å²) in [6, 6.07) is 11.3. The van der Waals surface area contributed by atoms with Gasteiger partial charge in [-0.3, -0.25) is 14.9 Å². The van der Waals surface area contributed by atoms with Crippen LogP contribution in [0.1, 0.15) is 22.1 Å². The van der Waals surface area contributed by atoms with Crippen molar-refractivity contribution in [2.24, 2.45) is 7.05 Å². The number of carbonyl (C=O) groups excluding carboxylic acids is 2. The normalized spacial score (nSPS) is 13.3. The molecular formula is C18H16N2O3. The molecule has 1 N–H and O–H groups in total. The summed E-state index contributed by atoms with van der Waals surface area (Å²) in [5.41, 5.74) is 3.25. The van der Waals surface area contributed by atoms with Crippen LogP contribution in [0.2, 0.25) is 0 Å². The monoisotopic (exact) mass is 308 g/mol. The zero-order valence-electron chi connectivity index (χ0n) is 12.7. The number of nitrogens with one attached hydrogen (secondary N) is 1. The van der Waals surface area contributed by atoms with Crippen molar-refractivity contribution in [3.63, 3.8) is 0 Å². The summed E-state index contributed by atoms with van der Waals surface area (Å²) in [4.78, 5) is 24.6. The summed E-state index contributed by atoms with van der Waals surface area (Å²) in [5, 5.41) is 3.19. The molecule has 4 rings (SSSR count). The lowest BCUT2D eigenvalue weighted by Crippen LogP contribution is -2.20. The lowest BCUT2D eigenvalue weighted by Gasteiger charge is -2.12. The van der Waals surface area contributed by atoms with Gasteiger partial charge in [0.1, 0.15) is 5.75 Å². The Morgan fingerprint density at radius 1 is 1.04 bits per heavy atom. The Morgan fingerprint density at radius 3 is 2.57 bits per heavy atom. The Kier molecular flexibility index (Phi) is 2.78. The minimum atomic E-state index is -0.364. The van der Waals surface area contributed by atoms with Crippen molar-refractivity contribution in [2.75, 3.05) is 7.11 Å². The van der Waals surface area contributed by atoms with Crippen LogP contribution in [-0.4, -0.2) is 23.5 Å². The fourth-order valence-electron chi connectivity index (χ4n) is 3.19. The molecule has 3 aromatic rings. The van der Waals surface area contributed by atoms with Gasteiger partial charge >= 0.3 is 0 Å². The zero-order chi connectivity index (χ0) is 16.1. The molecule has 0 aliphatic carbocycles. The van der Waals surface area contributed by atoms with Crippen LogP contribution >= 0.6 is 0 Å². The molecule has 1 aliphatic rings. The van der Waals surface area contributed by atoms with Crippen molar-refractivity contribution in [3.05, 3.63) is 53.7 Å². The highest BCUT2D eigenvalue weighted by Crippen LogP contribution is 2.39. The molecule has 0 spiro atoms. The fourth-order valence-corrected chi connectivity index (χ4v) is 3.19. The number of hydrogen-bond acceptors (Lipinski definition) is 3. The van der Waals surface area contributed by atoms with E-state index in [1.807, 2.05) is 54.2 Å². The standard InChI is InChI=1S/C18H14N2O3.H2/c1-20-8-7-11-13(20)9-12(10-5-3-4-6-14(10)23-2)16-15(11)17(21)19-18(16)22;/h3-9H,1-2H3,(H,19,21,22);1H. The smallest absolute Gasteiger partial charge is 0.259 e. The number of amides is 2. The summed E-state index contributed by atoms with van der Waals surface area (Å²) in [5.74, 6) is -0.0509. The Hall–Kier alpha value is -3.08. The average molecular weight is 308 g/mol. The minimum Gasteiger partial charge on any atom is -0.496 e. The maximum absolute atomic E-state index is 12.3. The predicted octanol–water partition coefficient (Wildman–Crippen LogP) is 2.98. The second-order valence-corrected chi connectivity index (χ2v) is 5.52. The summed E-state index contributed by atoms with van der Waals surface area (Å²) in [6.07, 6.45) is 1.88. The quantitative estimate of drug-likeness (QED) is 0.740. The molecule has 23 heavy (non-hydrogen) atoms. The molecule has 1 aromatic heterocycles. The molecule has 0 atom stereocenters. The van der Waals surface area contributed by atoms with Crippen LogP contribution in [0.4, 0.5) is 0 Å². The van der Waals surface area contributed by atoms with E-state index in [-0.39, 0.29) is 13.2 Å². The van der Waals surface area contributed by atoms with Gasteiger partial charge in [-0.1, -0.05) is 18.2 Å². The van der Waals surface area contributed by atoms with Crippen LogP contribution in [0.5, 0.6) is 5.75 Å². The lowest BCUT2D eigenvalue weighted by atomic mass is 9.93. The fraction of sp³-hybridized carbons (Fsp3) is 0.111. The number of methoxy groups -OCH3 is 1. The van der Waals surface area contributed by atoms with E-state index >= 15 is 0 Å². The van der Waals surface area contributed by atoms with Gasteiger partial charge in [0.25, 0.3) is 11.8 Å². The Balaban J connectivity index is 0.00000169. The van der Waals surface area contributed by atoms with Crippen molar-refractivity contribution in [1.29, 1.82) is 0 Å². The van der Waals surface area contributed by atoms with Crippen molar-refractivity contribution < 1.29 is 15.8 Å². The first-order valence-electron chi connectivity index (χ1n) is 7.23. The molecule has 2 amide bonds. The average Bonchev–Trinajstić information content (AvgIpc) is 3.07. The lowest BCUT2D eigenvalue weighted by molar-refractivity contribution is 0.0880. The zero-order valence-corrected chi connectivity index (χ0v) is 12.7. The second-order valence-electron chi connectivity index (χ2n) is 5.52. The first-order chi connectivity index (χ1) is 11.1. The number of aromatic nitrogens is 1. The van der Waals surface area contributed by atoms with Gasteiger partial charge in [-0.15, -0.1) is 0 Å². The Labute approximate surface area is 134 Å². The number of ether oxygens (including phenoxy) is 1. The maximum atomic E-state index is 12.3. The van der Waals surface area contributed by atoms with Gasteiger partial charge in [-0.25, -0.2) is 0 Å². The summed E-state index contributed by atoms with van der Waals surface area (Å²) < 4.78 is 7.36. The van der Waals surface area contributed by atoms with E-state index in [4.69, 9.17) is 4.74 Å². The molecular weight excluding hydrogens is 292 g/mol. The van der Waals surface area contributed by atoms with E-state index in [1.165, 1.54) is 0 Å². The van der Waals surface area contributed by atoms with E-state index < -0.39 is 0 Å². The molecule has 2 heterocycles. The highest BCUT2D eigenvalue weighted by molar-refractivity contribution is 6.29. The van der Waals surface area contributed by atoms with Gasteiger partial charge < -0.3 is 9.30 Å². The number of nitrogens with zero attached hydrogens (tertiary/aromatic N) is 1. The van der Waals surface area contributed by atoms with E-state index in [9.17, 15) is 9.59 Å². The van der Waals surface area contributed by atoms with Crippen LogP contribution in [0.25, 0.3) is 22.0 Å². The molecule has 0 unspecified atom stereocenters. The molecule has 1 aliphatic heterocycles. The van der Waals surface area contributed by atoms with Crippen molar-refractivity contribution in [3.8, 4) is 16.9 Å². The summed E-state index contributed by atoms with van der Waals surface area (Å²) >= 11 is 0. The topological polar surface area (TPSA) is 60.3 Å². The highest BCUT2D eigenvalue weighted by atomic mass is 16.5. The predicted molar refractivity (Wildman–Crippen MR) is 88.8 cm³/mol. The number of hydrogen-bond donors (Lipinski definition) is 1. The first-order valence-corrected chi connectivity index (χ1v) is 7.23. The molecule has 116 valence electrons. The van der Waals surface area contributed by atoms with E-state index in [1.54, 1.807) is 7.11 Å². The maximum Gasteiger partial charge on any atom is 0.259 e. The van der Waals surface area contributed by atoms with Gasteiger partial charge in [-0.2, -0.15) is 0 Å². The molecule has 2 aromatic carbocycles. The third kappa shape index (κ3) is 1.80. The summed E-state index contributed by atoms with van der Waals surface area (Å²) in [6.45, 7) is 0. The Bertz CT molecular complexity index is 991. The van der Waals surface area contributed by atoms with Gasteiger partial charge in [0.15, 0.2) is 0 Å². The van der Waals surface area contributed by atoms with Gasteiger partial charge in [0.2, 0.25) is 0 Å². The van der Waals surface area contributed by atoms with Gasteiger partial charge in [0, 0.05) is 36.7 Å². The highest BCUT2D eigenvalue weighted by Gasteiger charge is 2.33. The number of rotatable bonds is 2. The van der Waals surface area contributed by atoms with Crippen LogP contribution < -0.4 is 10.1 Å². The van der Waals surface area contributed by atoms with E-state index in [0.29, 0.717) is 22.4 Å².